The molecular formula is C39H48N4O16S2. The number of carbonyl (C=O) groups excluding carboxylic acids is 2. The molecule has 20 nitrogen and oxygen atoms in total. The Kier molecular flexibility index (Phi) is 19.1. The zero-order chi connectivity index (χ0) is 46.2. The van der Waals surface area contributed by atoms with Gasteiger partial charge in [-0.15, -0.1) is 0 Å². The molecule has 5 rings (SSSR count). The van der Waals surface area contributed by atoms with Crippen LogP contribution in [0.4, 0.5) is 0 Å². The Labute approximate surface area is 351 Å². The van der Waals surface area contributed by atoms with E-state index in [1.165, 1.54) is 13.8 Å². The Bertz CT molecular complexity index is 2250. The molecule has 0 heterocycles. The number of ketones is 2. The number of aliphatic hydroxyl groups excluding tert-OH is 2. The van der Waals surface area contributed by atoms with Gasteiger partial charge in [0, 0.05) is 11.1 Å². The lowest BCUT2D eigenvalue weighted by atomic mass is 9.80. The largest absolute Gasteiger partial charge is 0.507 e. The molecule has 0 radical (unpaired) electrons. The number of hydrogen-bond donors (Lipinski definition) is 12. The number of phenols is 4. The van der Waals surface area contributed by atoms with E-state index in [0.29, 0.717) is 24.3 Å². The van der Waals surface area contributed by atoms with Gasteiger partial charge in [-0.05, 0) is 105 Å². The van der Waals surface area contributed by atoms with Gasteiger partial charge in [-0.25, -0.2) is 0 Å². The molecular weight excluding hydrogens is 845 g/mol. The zero-order valence-corrected chi connectivity index (χ0v) is 34.6. The molecule has 0 aromatic heterocycles. The van der Waals surface area contributed by atoms with Crippen LogP contribution in [0.15, 0.2) is 60.7 Å². The number of fused-ring (bicyclic) bond motifs is 2. The second-order valence-corrected chi connectivity index (χ2v) is 16.1. The van der Waals surface area contributed by atoms with Crippen LogP contribution in [-0.4, -0.2) is 118 Å². The van der Waals surface area contributed by atoms with E-state index >= 15 is 0 Å². The minimum atomic E-state index is -3.92. The number of amidine groups is 2. The van der Waals surface area contributed by atoms with Crippen molar-refractivity contribution < 1.29 is 75.6 Å². The van der Waals surface area contributed by atoms with Gasteiger partial charge in [0.1, 0.15) is 46.2 Å². The predicted octanol–water partition coefficient (Wildman–Crippen LogP) is 2.52. The van der Waals surface area contributed by atoms with Gasteiger partial charge in [0.05, 0.1) is 60.2 Å². The van der Waals surface area contributed by atoms with Gasteiger partial charge < -0.3 is 51.6 Å². The number of aromatic hydroxyl groups is 4. The molecule has 1 aliphatic rings. The van der Waals surface area contributed by atoms with E-state index in [1.807, 2.05) is 24.3 Å². The molecule has 0 saturated heterocycles. The quantitative estimate of drug-likeness (QED) is 0.0250. The number of carbonyl (C=O) groups is 2. The lowest BCUT2D eigenvalue weighted by molar-refractivity contribution is 0.0969. The topological polar surface area (TPSA) is 382 Å². The fourth-order valence-corrected chi connectivity index (χ4v) is 5.64. The first-order valence-electron chi connectivity index (χ1n) is 17.9. The van der Waals surface area contributed by atoms with Crippen molar-refractivity contribution in [3.05, 3.63) is 105 Å². The highest BCUT2D eigenvalue weighted by molar-refractivity contribution is 7.86. The van der Waals surface area contributed by atoms with Crippen molar-refractivity contribution in [2.45, 2.75) is 33.1 Å². The van der Waals surface area contributed by atoms with E-state index in [-0.39, 0.29) is 45.1 Å². The van der Waals surface area contributed by atoms with Crippen LogP contribution in [0.5, 0.6) is 34.5 Å². The summed E-state index contributed by atoms with van der Waals surface area (Å²) in [6.45, 7) is 3.17. The Morgan fingerprint density at radius 2 is 0.885 bits per heavy atom. The third kappa shape index (κ3) is 15.7. The first kappa shape index (κ1) is 50.8. The van der Waals surface area contributed by atoms with Gasteiger partial charge in [-0.3, -0.25) is 29.5 Å². The summed E-state index contributed by atoms with van der Waals surface area (Å²) in [5, 5.41) is 70.5. The summed E-state index contributed by atoms with van der Waals surface area (Å²) in [4.78, 5) is 25.1. The van der Waals surface area contributed by atoms with Crippen molar-refractivity contribution in [3.8, 4) is 34.5 Å². The van der Waals surface area contributed by atoms with Crippen LogP contribution in [0.25, 0.3) is 0 Å². The summed E-state index contributed by atoms with van der Waals surface area (Å²) in [6, 6.07) is 16.7. The van der Waals surface area contributed by atoms with Gasteiger partial charge in [0.2, 0.25) is 11.6 Å². The summed E-state index contributed by atoms with van der Waals surface area (Å²) in [6.07, 6.45) is 2.90. The summed E-state index contributed by atoms with van der Waals surface area (Å²) < 4.78 is 65.5. The predicted molar refractivity (Wildman–Crippen MR) is 223 cm³/mol. The van der Waals surface area contributed by atoms with Gasteiger partial charge in [-0.2, -0.15) is 16.8 Å². The van der Waals surface area contributed by atoms with Crippen LogP contribution >= 0.6 is 0 Å². The number of hydrogen-bond acceptors (Lipinski definition) is 16. The summed E-state index contributed by atoms with van der Waals surface area (Å²) >= 11 is 0. The van der Waals surface area contributed by atoms with E-state index < -0.39 is 79.5 Å². The van der Waals surface area contributed by atoms with Gasteiger partial charge in [-0.1, -0.05) is 0 Å². The third-order valence-corrected chi connectivity index (χ3v) is 9.60. The molecule has 0 fully saturated rings. The molecule has 332 valence electrons. The molecule has 4 aromatic carbocycles. The standard InChI is InChI=1S/C19H24N4O2.C16H12O6.2C2H6O4S/c20-18(21)14-4-8-16(9-5-14)24-12-2-1-3-13-25-17-10-6-15(7-11-17)19(22)23;1-5-3-7(17)9-11(13(5)19)15(21)10-8(18)4-6(2)14(20)12(10)16(9)22;2*3-1-2-7(4,5)6/h4-11H,1-3,12-13H2,(H3,20,21)(H3,22,23);3-4,17-20H,1-2H3;2*3H,1-2H2,(H,4,5,6). The maximum atomic E-state index is 12.6. The number of phenolic OH excluding ortho intramolecular Hbond substituents is 4. The Hall–Kier alpha value is -6.30. The lowest BCUT2D eigenvalue weighted by Gasteiger charge is -2.22. The average Bonchev–Trinajstić information content (AvgIpc) is 3.16. The van der Waals surface area contributed by atoms with Crippen molar-refractivity contribution in [1.29, 1.82) is 10.8 Å². The molecule has 0 atom stereocenters. The fraction of sp³-hybridized carbons (Fsp3) is 0.282. The number of unbranched alkanes of at least 4 members (excludes halogenated alkanes) is 2. The van der Waals surface area contributed by atoms with Gasteiger partial charge in [0.25, 0.3) is 20.2 Å². The molecule has 0 amide bonds. The number of nitrogens with one attached hydrogen (secondary N) is 2. The molecule has 14 N–H and O–H groups in total. The highest BCUT2D eigenvalue weighted by Gasteiger charge is 2.39. The summed E-state index contributed by atoms with van der Waals surface area (Å²) in [7, 11) is -7.85. The zero-order valence-electron chi connectivity index (χ0n) is 33.0. The summed E-state index contributed by atoms with van der Waals surface area (Å²) in [5.74, 6) is -2.91. The molecule has 22 heteroatoms. The van der Waals surface area contributed by atoms with Crippen LogP contribution in [0.2, 0.25) is 0 Å². The number of nitrogen functional groups attached to an aromatic ring is 2. The fourth-order valence-electron chi connectivity index (χ4n) is 5.18. The maximum Gasteiger partial charge on any atom is 0.267 e. The van der Waals surface area contributed by atoms with E-state index in [1.54, 1.807) is 24.3 Å². The average molecular weight is 893 g/mol. The molecule has 1 aliphatic carbocycles. The molecule has 0 aliphatic heterocycles. The molecule has 0 unspecified atom stereocenters. The van der Waals surface area contributed by atoms with E-state index in [9.17, 15) is 46.9 Å². The first-order chi connectivity index (χ1) is 28.4. The molecule has 0 saturated carbocycles. The molecule has 0 spiro atoms. The number of nitrogens with two attached hydrogens (primary N) is 2. The third-order valence-electron chi connectivity index (χ3n) is 8.20. The lowest BCUT2D eigenvalue weighted by Crippen LogP contribution is -2.22. The van der Waals surface area contributed by atoms with Crippen LogP contribution in [0.3, 0.4) is 0 Å². The van der Waals surface area contributed by atoms with E-state index in [2.05, 4.69) is 0 Å². The Balaban J connectivity index is 0.000000322. The van der Waals surface area contributed by atoms with Gasteiger partial charge >= 0.3 is 0 Å². The van der Waals surface area contributed by atoms with Crippen LogP contribution in [0.1, 0.15) is 73.4 Å². The minimum Gasteiger partial charge on any atom is -0.507 e. The number of rotatable bonds is 14. The van der Waals surface area contributed by atoms with Crippen molar-refractivity contribution >= 4 is 43.5 Å². The molecule has 4 aromatic rings. The van der Waals surface area contributed by atoms with Crippen molar-refractivity contribution in [2.24, 2.45) is 11.5 Å². The first-order valence-corrected chi connectivity index (χ1v) is 21.1. The van der Waals surface area contributed by atoms with Crippen molar-refractivity contribution in [3.63, 3.8) is 0 Å². The van der Waals surface area contributed by atoms with Crippen LogP contribution in [-0.2, 0) is 20.2 Å². The van der Waals surface area contributed by atoms with E-state index in [4.69, 9.17) is 51.1 Å². The number of aliphatic hydroxyl groups is 2. The smallest absolute Gasteiger partial charge is 0.267 e. The van der Waals surface area contributed by atoms with Crippen molar-refractivity contribution in [1.82, 2.24) is 0 Å². The minimum absolute atomic E-state index is 0.0579. The van der Waals surface area contributed by atoms with Crippen LogP contribution in [0, 0.1) is 24.7 Å². The van der Waals surface area contributed by atoms with E-state index in [0.717, 1.165) is 42.9 Å². The number of aryl methyl sites for hydroxylation is 2. The van der Waals surface area contributed by atoms with Gasteiger partial charge in [0.15, 0.2) is 0 Å². The van der Waals surface area contributed by atoms with Crippen LogP contribution < -0.4 is 20.9 Å². The monoisotopic (exact) mass is 892 g/mol. The van der Waals surface area contributed by atoms with Crippen molar-refractivity contribution in [2.75, 3.05) is 37.9 Å². The second-order valence-electron chi connectivity index (χ2n) is 12.9. The molecule has 61 heavy (non-hydrogen) atoms. The number of benzene rings is 4. The maximum absolute atomic E-state index is 12.6. The Morgan fingerprint density at radius 1 is 0.574 bits per heavy atom. The SMILES string of the molecule is Cc1cc(O)c2c(c1O)C(=O)c1c(O)cc(C)c(O)c1C2=O.N=C(N)c1ccc(OCCCCCOc2ccc(C(=N)N)cc2)cc1.O=S(=O)(O)CCO.O=S(=O)(O)CCO. The second kappa shape index (κ2) is 22.9. The Morgan fingerprint density at radius 3 is 1.13 bits per heavy atom. The highest BCUT2D eigenvalue weighted by Crippen LogP contribution is 2.45. The molecule has 0 bridgehead atoms. The highest BCUT2D eigenvalue weighted by atomic mass is 32.2. The summed E-state index contributed by atoms with van der Waals surface area (Å²) in [5.41, 5.74) is 11.2. The normalized spacial score (nSPS) is 11.6. The number of ether oxygens (including phenoxy) is 2.